The highest BCUT2D eigenvalue weighted by Crippen LogP contribution is 2.33. The van der Waals surface area contributed by atoms with Crippen LogP contribution in [-0.2, 0) is 5.41 Å². The van der Waals surface area contributed by atoms with Gasteiger partial charge in [0.05, 0.1) is 0 Å². The first-order valence-electron chi connectivity index (χ1n) is 7.61. The number of ether oxygens (including phenoxy) is 2. The van der Waals surface area contributed by atoms with Gasteiger partial charge in [-0.25, -0.2) is 9.59 Å². The van der Waals surface area contributed by atoms with E-state index in [0.717, 1.165) is 11.1 Å². The van der Waals surface area contributed by atoms with Crippen LogP contribution in [0, 0.1) is 0 Å². The number of carbonyl (C=O) groups is 2. The molecule has 2 aromatic rings. The van der Waals surface area contributed by atoms with Crippen molar-refractivity contribution in [2.45, 2.75) is 19.3 Å². The third-order valence-electron chi connectivity index (χ3n) is 3.82. The van der Waals surface area contributed by atoms with E-state index in [2.05, 4.69) is 20.1 Å². The SMILES string of the molecule is CC(C)(c1ccc(OC(=O)N=[N+]=[N-])cc1)c1ccc(OC(=O)N=[N+]=[N-])cc1. The van der Waals surface area contributed by atoms with Crippen LogP contribution < -0.4 is 9.47 Å². The second-order valence-electron chi connectivity index (χ2n) is 5.79. The lowest BCUT2D eigenvalue weighted by atomic mass is 9.78. The maximum absolute atomic E-state index is 11.2. The first-order chi connectivity index (χ1) is 12.9. The van der Waals surface area contributed by atoms with Gasteiger partial charge in [0.15, 0.2) is 0 Å². The number of azide groups is 2. The van der Waals surface area contributed by atoms with Gasteiger partial charge in [-0.05, 0) is 46.5 Å². The average molecular weight is 366 g/mol. The molecule has 10 heteroatoms. The fourth-order valence-electron chi connectivity index (χ4n) is 2.36. The van der Waals surface area contributed by atoms with Crippen molar-refractivity contribution in [3.63, 3.8) is 0 Å². The number of nitrogens with zero attached hydrogens (tertiary/aromatic N) is 6. The Morgan fingerprint density at radius 3 is 1.41 bits per heavy atom. The molecule has 0 atom stereocenters. The second-order valence-corrected chi connectivity index (χ2v) is 5.79. The van der Waals surface area contributed by atoms with Gasteiger partial charge in [-0.3, -0.25) is 0 Å². The standard InChI is InChI=1S/C17H14N6O4/c1-17(2,11-3-7-13(8-4-11)26-15(24)20-22-18)12-5-9-14(10-6-12)27-16(25)21-23-19/h3-10H,1-2H3. The lowest BCUT2D eigenvalue weighted by Crippen LogP contribution is -2.18. The van der Waals surface area contributed by atoms with Gasteiger partial charge in [0, 0.05) is 25.5 Å². The van der Waals surface area contributed by atoms with Gasteiger partial charge >= 0.3 is 12.2 Å². The molecule has 27 heavy (non-hydrogen) atoms. The van der Waals surface area contributed by atoms with E-state index < -0.39 is 17.6 Å². The fourth-order valence-corrected chi connectivity index (χ4v) is 2.36. The Bertz CT molecular complexity index is 863. The zero-order valence-corrected chi connectivity index (χ0v) is 14.4. The van der Waals surface area contributed by atoms with E-state index in [-0.39, 0.29) is 11.5 Å². The molecular weight excluding hydrogens is 352 g/mol. The number of amides is 2. The molecule has 0 heterocycles. The molecule has 0 radical (unpaired) electrons. The Morgan fingerprint density at radius 1 is 0.778 bits per heavy atom. The molecule has 0 aliphatic rings. The first-order valence-corrected chi connectivity index (χ1v) is 7.61. The van der Waals surface area contributed by atoms with E-state index in [1.54, 1.807) is 48.5 Å². The Balaban J connectivity index is 2.17. The number of benzene rings is 2. The lowest BCUT2D eigenvalue weighted by molar-refractivity contribution is 0.209. The van der Waals surface area contributed by atoms with Crippen molar-refractivity contribution in [1.29, 1.82) is 0 Å². The van der Waals surface area contributed by atoms with Crippen molar-refractivity contribution in [1.82, 2.24) is 0 Å². The molecular formula is C17H14N6O4. The molecule has 0 unspecified atom stereocenters. The summed E-state index contributed by atoms with van der Waals surface area (Å²) < 4.78 is 9.72. The summed E-state index contributed by atoms with van der Waals surface area (Å²) in [5.74, 6) is 0.513. The van der Waals surface area contributed by atoms with Crippen LogP contribution in [0.1, 0.15) is 25.0 Å². The molecule has 0 aliphatic carbocycles. The molecule has 0 bridgehead atoms. The van der Waals surface area contributed by atoms with Crippen LogP contribution in [0.15, 0.2) is 58.8 Å². The monoisotopic (exact) mass is 366 g/mol. The molecule has 0 N–H and O–H groups in total. The van der Waals surface area contributed by atoms with Gasteiger partial charge < -0.3 is 9.47 Å². The van der Waals surface area contributed by atoms with E-state index in [4.69, 9.17) is 20.5 Å². The minimum absolute atomic E-state index is 0.257. The minimum atomic E-state index is -1.03. The molecule has 0 aliphatic heterocycles. The van der Waals surface area contributed by atoms with Gasteiger partial charge in [0.2, 0.25) is 0 Å². The number of hydrogen-bond acceptors (Lipinski definition) is 4. The normalized spacial score (nSPS) is 10.1. The van der Waals surface area contributed by atoms with Crippen LogP contribution in [0.5, 0.6) is 11.5 Å². The molecule has 136 valence electrons. The largest absolute Gasteiger partial charge is 0.422 e. The smallest absolute Gasteiger partial charge is 0.402 e. The van der Waals surface area contributed by atoms with Gasteiger partial charge in [0.1, 0.15) is 11.5 Å². The summed E-state index contributed by atoms with van der Waals surface area (Å²) >= 11 is 0. The van der Waals surface area contributed by atoms with Crippen LogP contribution in [-0.4, -0.2) is 12.2 Å². The third kappa shape index (κ3) is 4.99. The van der Waals surface area contributed by atoms with E-state index in [1.165, 1.54) is 0 Å². The van der Waals surface area contributed by atoms with E-state index in [9.17, 15) is 9.59 Å². The van der Waals surface area contributed by atoms with Crippen LogP contribution in [0.4, 0.5) is 9.59 Å². The van der Waals surface area contributed by atoms with Crippen LogP contribution in [0.25, 0.3) is 20.9 Å². The average Bonchev–Trinajstić information content (AvgIpc) is 2.63. The Labute approximate surface area is 153 Å². The van der Waals surface area contributed by atoms with Crippen molar-refractivity contribution in [2.75, 3.05) is 0 Å². The molecule has 0 spiro atoms. The summed E-state index contributed by atoms with van der Waals surface area (Å²) in [5, 5.41) is 5.67. The van der Waals surface area contributed by atoms with E-state index >= 15 is 0 Å². The molecule has 0 saturated carbocycles. The third-order valence-corrected chi connectivity index (χ3v) is 3.82. The van der Waals surface area contributed by atoms with Gasteiger partial charge in [0.25, 0.3) is 0 Å². The maximum atomic E-state index is 11.2. The lowest BCUT2D eigenvalue weighted by Gasteiger charge is -2.26. The van der Waals surface area contributed by atoms with Crippen LogP contribution in [0.3, 0.4) is 0 Å². The highest BCUT2D eigenvalue weighted by atomic mass is 16.6. The van der Waals surface area contributed by atoms with Crippen molar-refractivity contribution < 1.29 is 19.1 Å². The quantitative estimate of drug-likeness (QED) is 0.391. The number of hydrogen-bond donors (Lipinski definition) is 0. The zero-order chi connectivity index (χ0) is 19.9. The summed E-state index contributed by atoms with van der Waals surface area (Å²) in [6.45, 7) is 3.99. The Morgan fingerprint density at radius 2 is 1.11 bits per heavy atom. The van der Waals surface area contributed by atoms with Crippen molar-refractivity contribution in [3.05, 3.63) is 80.5 Å². The summed E-state index contributed by atoms with van der Waals surface area (Å²) in [6, 6.07) is 13.5. The molecule has 0 fully saturated rings. The fraction of sp³-hybridized carbons (Fsp3) is 0.176. The molecule has 10 nitrogen and oxygen atoms in total. The van der Waals surface area contributed by atoms with Crippen molar-refractivity contribution >= 4 is 12.2 Å². The molecule has 2 aromatic carbocycles. The molecule has 0 saturated heterocycles. The Hall–Kier alpha value is -4.00. The van der Waals surface area contributed by atoms with Gasteiger partial charge in [-0.2, -0.15) is 0 Å². The minimum Gasteiger partial charge on any atom is -0.422 e. The summed E-state index contributed by atoms with van der Waals surface area (Å²) in [5.41, 5.74) is 17.9. The summed E-state index contributed by atoms with van der Waals surface area (Å²) in [6.07, 6.45) is -2.06. The maximum Gasteiger partial charge on any atom is 0.402 e. The number of carbonyl (C=O) groups excluding carboxylic acids is 2. The highest BCUT2D eigenvalue weighted by Gasteiger charge is 2.23. The van der Waals surface area contributed by atoms with E-state index in [1.807, 2.05) is 13.8 Å². The van der Waals surface area contributed by atoms with Crippen LogP contribution in [0.2, 0.25) is 0 Å². The highest BCUT2D eigenvalue weighted by molar-refractivity contribution is 5.71. The summed E-state index contributed by atoms with van der Waals surface area (Å²) in [4.78, 5) is 27.0. The zero-order valence-electron chi connectivity index (χ0n) is 14.4. The first kappa shape index (κ1) is 19.3. The molecule has 2 rings (SSSR count). The van der Waals surface area contributed by atoms with Crippen molar-refractivity contribution in [2.24, 2.45) is 10.2 Å². The Kier molecular flexibility index (Phi) is 6.01. The summed E-state index contributed by atoms with van der Waals surface area (Å²) in [7, 11) is 0. The second kappa shape index (κ2) is 8.39. The van der Waals surface area contributed by atoms with Gasteiger partial charge in [-0.15, -0.1) is 0 Å². The predicted octanol–water partition coefficient (Wildman–Crippen LogP) is 5.63. The van der Waals surface area contributed by atoms with Gasteiger partial charge in [-0.1, -0.05) is 38.1 Å². The van der Waals surface area contributed by atoms with Crippen LogP contribution >= 0.6 is 0 Å². The molecule has 2 amide bonds. The number of rotatable bonds is 4. The topological polar surface area (TPSA) is 150 Å². The molecule has 0 aromatic heterocycles. The predicted molar refractivity (Wildman–Crippen MR) is 95.4 cm³/mol. The van der Waals surface area contributed by atoms with E-state index in [0.29, 0.717) is 0 Å². The van der Waals surface area contributed by atoms with Crippen molar-refractivity contribution in [3.8, 4) is 11.5 Å².